The molecule has 98 valence electrons. The van der Waals surface area contributed by atoms with Gasteiger partial charge in [0.05, 0.1) is 6.61 Å². The second-order valence-electron chi connectivity index (χ2n) is 4.08. The van der Waals surface area contributed by atoms with Crippen molar-refractivity contribution in [1.82, 2.24) is 9.80 Å². The van der Waals surface area contributed by atoms with Crippen molar-refractivity contribution in [3.05, 3.63) is 0 Å². The molecule has 2 amide bonds. The number of nitrogens with zero attached hydrogens (tertiary/aromatic N) is 2. The largest absolute Gasteiger partial charge is 0.466 e. The number of nitrogens with two attached hydrogens (primary N) is 1. The van der Waals surface area contributed by atoms with Crippen molar-refractivity contribution in [3.63, 3.8) is 0 Å². The lowest BCUT2D eigenvalue weighted by Crippen LogP contribution is -2.50. The fraction of sp³-hybridized carbons (Fsp3) is 0.818. The van der Waals surface area contributed by atoms with Crippen LogP contribution in [0.2, 0.25) is 0 Å². The molecule has 6 heteroatoms. The monoisotopic (exact) mass is 243 g/mol. The first-order valence-corrected chi connectivity index (χ1v) is 6.06. The van der Waals surface area contributed by atoms with E-state index in [1.165, 1.54) is 0 Å². The third-order valence-corrected chi connectivity index (χ3v) is 2.84. The highest BCUT2D eigenvalue weighted by atomic mass is 16.5. The van der Waals surface area contributed by atoms with Crippen LogP contribution in [0, 0.1) is 0 Å². The first kappa shape index (κ1) is 13.8. The summed E-state index contributed by atoms with van der Waals surface area (Å²) in [6, 6.07) is -0.351. The van der Waals surface area contributed by atoms with E-state index in [2.05, 4.69) is 4.90 Å². The first-order valence-electron chi connectivity index (χ1n) is 6.06. The zero-order valence-corrected chi connectivity index (χ0v) is 10.4. The van der Waals surface area contributed by atoms with Crippen molar-refractivity contribution in [3.8, 4) is 0 Å². The third kappa shape index (κ3) is 5.04. The lowest BCUT2D eigenvalue weighted by molar-refractivity contribution is -0.143. The predicted octanol–water partition coefficient (Wildman–Crippen LogP) is 0.0260. The van der Waals surface area contributed by atoms with Gasteiger partial charge in [-0.1, -0.05) is 0 Å². The molecule has 1 heterocycles. The molecule has 2 N–H and O–H groups in total. The molecule has 0 saturated carbocycles. The van der Waals surface area contributed by atoms with E-state index in [0.717, 1.165) is 26.1 Å². The minimum Gasteiger partial charge on any atom is -0.466 e. The number of esters is 1. The highest BCUT2D eigenvalue weighted by molar-refractivity contribution is 5.72. The average molecular weight is 243 g/mol. The van der Waals surface area contributed by atoms with Crippen LogP contribution < -0.4 is 5.73 Å². The smallest absolute Gasteiger partial charge is 0.314 e. The van der Waals surface area contributed by atoms with Crippen LogP contribution in [0.25, 0.3) is 0 Å². The lowest BCUT2D eigenvalue weighted by Gasteiger charge is -2.33. The Hall–Kier alpha value is -1.30. The van der Waals surface area contributed by atoms with Gasteiger partial charge in [-0.15, -0.1) is 0 Å². The molecule has 0 bridgehead atoms. The number of rotatable bonds is 5. The summed E-state index contributed by atoms with van der Waals surface area (Å²) < 4.78 is 4.85. The maximum absolute atomic E-state index is 11.1. The number of hydrogen-bond acceptors (Lipinski definition) is 4. The van der Waals surface area contributed by atoms with Crippen molar-refractivity contribution in [1.29, 1.82) is 0 Å². The van der Waals surface area contributed by atoms with Gasteiger partial charge in [0.15, 0.2) is 0 Å². The molecule has 0 spiro atoms. The molecule has 0 aromatic rings. The highest BCUT2D eigenvalue weighted by Crippen LogP contribution is 2.03. The summed E-state index contributed by atoms with van der Waals surface area (Å²) in [4.78, 5) is 25.9. The topological polar surface area (TPSA) is 75.9 Å². The van der Waals surface area contributed by atoms with Gasteiger partial charge < -0.3 is 15.4 Å². The molecule has 1 rings (SSSR count). The third-order valence-electron chi connectivity index (χ3n) is 2.84. The van der Waals surface area contributed by atoms with E-state index in [1.54, 1.807) is 11.8 Å². The Morgan fingerprint density at radius 3 is 2.41 bits per heavy atom. The van der Waals surface area contributed by atoms with Crippen LogP contribution in [-0.4, -0.2) is 61.1 Å². The summed E-state index contributed by atoms with van der Waals surface area (Å²) in [7, 11) is 0. The summed E-state index contributed by atoms with van der Waals surface area (Å²) >= 11 is 0. The Morgan fingerprint density at radius 2 is 1.88 bits per heavy atom. The maximum atomic E-state index is 11.1. The van der Waals surface area contributed by atoms with E-state index in [-0.39, 0.29) is 12.0 Å². The van der Waals surface area contributed by atoms with Gasteiger partial charge in [-0.25, -0.2) is 4.79 Å². The molecular weight excluding hydrogens is 222 g/mol. The fourth-order valence-corrected chi connectivity index (χ4v) is 1.87. The van der Waals surface area contributed by atoms with Gasteiger partial charge in [-0.3, -0.25) is 9.69 Å². The van der Waals surface area contributed by atoms with E-state index < -0.39 is 0 Å². The molecule has 1 saturated heterocycles. The van der Waals surface area contributed by atoms with E-state index in [1.807, 2.05) is 0 Å². The first-order chi connectivity index (χ1) is 8.13. The van der Waals surface area contributed by atoms with E-state index in [9.17, 15) is 9.59 Å². The molecule has 17 heavy (non-hydrogen) atoms. The van der Waals surface area contributed by atoms with Crippen LogP contribution in [-0.2, 0) is 9.53 Å². The van der Waals surface area contributed by atoms with E-state index >= 15 is 0 Å². The second kappa shape index (κ2) is 7.11. The average Bonchev–Trinajstić information content (AvgIpc) is 2.30. The molecule has 0 unspecified atom stereocenters. The molecule has 1 fully saturated rings. The molecule has 1 aliphatic rings. The summed E-state index contributed by atoms with van der Waals surface area (Å²) in [6.45, 7) is 6.11. The SMILES string of the molecule is CCOC(=O)CCCN1CCN(C(N)=O)CC1. The van der Waals surface area contributed by atoms with Gasteiger partial charge in [0.2, 0.25) is 0 Å². The van der Waals surface area contributed by atoms with Crippen LogP contribution in [0.1, 0.15) is 19.8 Å². The van der Waals surface area contributed by atoms with Gasteiger partial charge in [0.1, 0.15) is 0 Å². The van der Waals surface area contributed by atoms with Gasteiger partial charge in [-0.2, -0.15) is 0 Å². The van der Waals surface area contributed by atoms with Crippen molar-refractivity contribution in [2.24, 2.45) is 5.73 Å². The number of carbonyl (C=O) groups is 2. The fourth-order valence-electron chi connectivity index (χ4n) is 1.87. The van der Waals surface area contributed by atoms with Crippen LogP contribution in [0.4, 0.5) is 4.79 Å². The number of urea groups is 1. The molecule has 0 radical (unpaired) electrons. The van der Waals surface area contributed by atoms with Gasteiger partial charge >= 0.3 is 12.0 Å². The van der Waals surface area contributed by atoms with Crippen molar-refractivity contribution < 1.29 is 14.3 Å². The Labute approximate surface area is 102 Å². The van der Waals surface area contributed by atoms with Crippen molar-refractivity contribution >= 4 is 12.0 Å². The van der Waals surface area contributed by atoms with Gasteiger partial charge in [0, 0.05) is 32.6 Å². The minimum absolute atomic E-state index is 0.136. The summed E-state index contributed by atoms with van der Waals surface area (Å²) in [5, 5.41) is 0. The Bertz CT molecular complexity index is 263. The number of carbonyl (C=O) groups excluding carboxylic acids is 2. The second-order valence-corrected chi connectivity index (χ2v) is 4.08. The van der Waals surface area contributed by atoms with Crippen LogP contribution >= 0.6 is 0 Å². The minimum atomic E-state index is -0.351. The number of hydrogen-bond donors (Lipinski definition) is 1. The summed E-state index contributed by atoms with van der Waals surface area (Å²) in [6.07, 6.45) is 1.26. The predicted molar refractivity (Wildman–Crippen MR) is 63.5 cm³/mol. The number of amides is 2. The van der Waals surface area contributed by atoms with Gasteiger partial charge in [-0.05, 0) is 19.9 Å². The molecule has 0 aliphatic carbocycles. The Balaban J connectivity index is 2.10. The lowest BCUT2D eigenvalue weighted by atomic mass is 10.2. The normalized spacial score (nSPS) is 16.9. The quantitative estimate of drug-likeness (QED) is 0.691. The van der Waals surface area contributed by atoms with E-state index in [0.29, 0.717) is 26.1 Å². The summed E-state index contributed by atoms with van der Waals surface area (Å²) in [5.74, 6) is -0.136. The van der Waals surface area contributed by atoms with Crippen LogP contribution in [0.5, 0.6) is 0 Å². The van der Waals surface area contributed by atoms with Crippen molar-refractivity contribution in [2.75, 3.05) is 39.3 Å². The van der Waals surface area contributed by atoms with Gasteiger partial charge in [0.25, 0.3) is 0 Å². The zero-order chi connectivity index (χ0) is 12.7. The molecule has 0 atom stereocenters. The molecule has 0 aromatic heterocycles. The highest BCUT2D eigenvalue weighted by Gasteiger charge is 2.18. The van der Waals surface area contributed by atoms with Crippen molar-refractivity contribution in [2.45, 2.75) is 19.8 Å². The Morgan fingerprint density at radius 1 is 1.24 bits per heavy atom. The number of ether oxygens (including phenoxy) is 1. The Kier molecular flexibility index (Phi) is 5.76. The van der Waals surface area contributed by atoms with Crippen LogP contribution in [0.3, 0.4) is 0 Å². The van der Waals surface area contributed by atoms with Crippen LogP contribution in [0.15, 0.2) is 0 Å². The zero-order valence-electron chi connectivity index (χ0n) is 10.4. The molecule has 0 aromatic carbocycles. The van der Waals surface area contributed by atoms with E-state index in [4.69, 9.17) is 10.5 Å². The summed E-state index contributed by atoms with van der Waals surface area (Å²) in [5.41, 5.74) is 5.19. The maximum Gasteiger partial charge on any atom is 0.314 e. The number of primary amides is 1. The number of piperazine rings is 1. The molecule has 6 nitrogen and oxygen atoms in total. The standard InChI is InChI=1S/C11H21N3O3/c1-2-17-10(15)4-3-5-13-6-8-14(9-7-13)11(12)16/h2-9H2,1H3,(H2,12,16). The molecular formula is C11H21N3O3. The molecule has 1 aliphatic heterocycles.